The largest absolute Gasteiger partial charge is 0.466 e. The molecule has 82 valence electrons. The molecule has 4 nitrogen and oxygen atoms in total. The number of carbonyl (C=O) groups is 1. The molecular formula is C12H12N2O2. The molecule has 0 aliphatic carbocycles. The highest BCUT2D eigenvalue weighted by atomic mass is 16.3. The van der Waals surface area contributed by atoms with Gasteiger partial charge in [-0.3, -0.25) is 4.79 Å². The fourth-order valence-electron chi connectivity index (χ4n) is 1.48. The van der Waals surface area contributed by atoms with Crippen LogP contribution in [-0.4, -0.2) is 10.9 Å². The number of nitrogens with zero attached hydrogens (tertiary/aromatic N) is 1. The summed E-state index contributed by atoms with van der Waals surface area (Å²) in [5, 5.41) is 2.70. The fourth-order valence-corrected chi connectivity index (χ4v) is 1.48. The molecule has 2 aromatic heterocycles. The lowest BCUT2D eigenvalue weighted by Crippen LogP contribution is -2.12. The lowest BCUT2D eigenvalue weighted by molar-refractivity contribution is 0.102. The second-order valence-corrected chi connectivity index (χ2v) is 3.50. The first-order chi connectivity index (χ1) is 7.66. The summed E-state index contributed by atoms with van der Waals surface area (Å²) in [5.41, 5.74) is 0.545. The Labute approximate surface area is 93.3 Å². The average Bonchev–Trinajstić information content (AvgIpc) is 2.59. The third-order valence-corrected chi connectivity index (χ3v) is 2.19. The number of hydrogen-bond acceptors (Lipinski definition) is 3. The van der Waals surface area contributed by atoms with Gasteiger partial charge in [-0.05, 0) is 32.0 Å². The summed E-state index contributed by atoms with van der Waals surface area (Å²) in [6.07, 6.45) is 1.63. The lowest BCUT2D eigenvalue weighted by atomic mass is 10.2. The normalized spacial score (nSPS) is 10.1. The summed E-state index contributed by atoms with van der Waals surface area (Å²) in [4.78, 5) is 15.9. The van der Waals surface area contributed by atoms with E-state index in [0.29, 0.717) is 17.1 Å². The number of anilines is 1. The highest BCUT2D eigenvalue weighted by Gasteiger charge is 2.13. The van der Waals surface area contributed by atoms with Crippen molar-refractivity contribution < 1.29 is 9.21 Å². The van der Waals surface area contributed by atoms with Crippen molar-refractivity contribution in [3.05, 3.63) is 47.5 Å². The molecule has 0 fully saturated rings. The number of aryl methyl sites for hydroxylation is 2. The molecule has 0 aliphatic rings. The Bertz CT molecular complexity index is 503. The third-order valence-electron chi connectivity index (χ3n) is 2.19. The van der Waals surface area contributed by atoms with E-state index in [1.807, 2.05) is 13.0 Å². The van der Waals surface area contributed by atoms with Crippen LogP contribution in [0.5, 0.6) is 0 Å². The van der Waals surface area contributed by atoms with Crippen molar-refractivity contribution in [2.24, 2.45) is 0 Å². The summed E-state index contributed by atoms with van der Waals surface area (Å²) in [6, 6.07) is 7.06. The number of rotatable bonds is 2. The second kappa shape index (κ2) is 4.18. The Morgan fingerprint density at radius 1 is 1.38 bits per heavy atom. The van der Waals surface area contributed by atoms with E-state index in [-0.39, 0.29) is 5.91 Å². The van der Waals surface area contributed by atoms with Crippen LogP contribution >= 0.6 is 0 Å². The zero-order chi connectivity index (χ0) is 11.5. The van der Waals surface area contributed by atoms with E-state index in [1.165, 1.54) is 0 Å². The van der Waals surface area contributed by atoms with Crippen molar-refractivity contribution in [3.63, 3.8) is 0 Å². The predicted molar refractivity (Wildman–Crippen MR) is 60.4 cm³/mol. The van der Waals surface area contributed by atoms with E-state index in [4.69, 9.17) is 4.42 Å². The van der Waals surface area contributed by atoms with E-state index >= 15 is 0 Å². The SMILES string of the molecule is Cc1cc(C(=O)Nc2ccccn2)c(C)o1. The van der Waals surface area contributed by atoms with Crippen molar-refractivity contribution in [3.8, 4) is 0 Å². The van der Waals surface area contributed by atoms with Crippen LogP contribution < -0.4 is 5.32 Å². The Morgan fingerprint density at radius 3 is 2.75 bits per heavy atom. The zero-order valence-electron chi connectivity index (χ0n) is 9.15. The van der Waals surface area contributed by atoms with Gasteiger partial charge in [0, 0.05) is 6.20 Å². The highest BCUT2D eigenvalue weighted by Crippen LogP contribution is 2.15. The Kier molecular flexibility index (Phi) is 2.72. The van der Waals surface area contributed by atoms with Crippen LogP contribution in [0.2, 0.25) is 0 Å². The number of nitrogens with one attached hydrogen (secondary N) is 1. The third kappa shape index (κ3) is 2.11. The Balaban J connectivity index is 2.18. The van der Waals surface area contributed by atoms with Gasteiger partial charge in [0.2, 0.25) is 0 Å². The standard InChI is InChI=1S/C12H12N2O2/c1-8-7-10(9(2)16-8)12(15)14-11-5-3-4-6-13-11/h3-7H,1-2H3,(H,13,14,15). The van der Waals surface area contributed by atoms with Gasteiger partial charge >= 0.3 is 0 Å². The number of aromatic nitrogens is 1. The molecule has 0 aliphatic heterocycles. The van der Waals surface area contributed by atoms with E-state index in [1.54, 1.807) is 31.3 Å². The van der Waals surface area contributed by atoms with Gasteiger partial charge in [-0.15, -0.1) is 0 Å². The molecule has 1 N–H and O–H groups in total. The van der Waals surface area contributed by atoms with Gasteiger partial charge in [0.25, 0.3) is 5.91 Å². The molecular weight excluding hydrogens is 204 g/mol. The monoisotopic (exact) mass is 216 g/mol. The molecule has 1 amide bonds. The first kappa shape index (κ1) is 10.4. The molecule has 0 spiro atoms. The van der Waals surface area contributed by atoms with Crippen LogP contribution in [-0.2, 0) is 0 Å². The molecule has 0 saturated heterocycles. The van der Waals surface area contributed by atoms with Crippen LogP contribution in [0.25, 0.3) is 0 Å². The number of pyridine rings is 1. The molecule has 4 heteroatoms. The number of amides is 1. The zero-order valence-corrected chi connectivity index (χ0v) is 9.15. The Hall–Kier alpha value is -2.10. The summed E-state index contributed by atoms with van der Waals surface area (Å²) in [5.74, 6) is 1.67. The van der Waals surface area contributed by atoms with Gasteiger partial charge in [-0.1, -0.05) is 6.07 Å². The van der Waals surface area contributed by atoms with Crippen LogP contribution in [0.4, 0.5) is 5.82 Å². The van der Waals surface area contributed by atoms with Gasteiger partial charge in [-0.25, -0.2) is 4.98 Å². The topological polar surface area (TPSA) is 55.1 Å². The average molecular weight is 216 g/mol. The molecule has 2 heterocycles. The molecule has 2 rings (SSSR count). The highest BCUT2D eigenvalue weighted by molar-refractivity contribution is 6.04. The summed E-state index contributed by atoms with van der Waals surface area (Å²) >= 11 is 0. The number of hydrogen-bond donors (Lipinski definition) is 1. The van der Waals surface area contributed by atoms with Crippen molar-refractivity contribution in [1.82, 2.24) is 4.98 Å². The number of carbonyl (C=O) groups excluding carboxylic acids is 1. The van der Waals surface area contributed by atoms with Gasteiger partial charge in [0.05, 0.1) is 5.56 Å². The van der Waals surface area contributed by atoms with E-state index in [9.17, 15) is 4.79 Å². The fraction of sp³-hybridized carbons (Fsp3) is 0.167. The van der Waals surface area contributed by atoms with Crippen molar-refractivity contribution in [2.45, 2.75) is 13.8 Å². The number of furan rings is 1. The van der Waals surface area contributed by atoms with Gasteiger partial charge in [0.1, 0.15) is 17.3 Å². The van der Waals surface area contributed by atoms with Crippen LogP contribution in [0.3, 0.4) is 0 Å². The van der Waals surface area contributed by atoms with Crippen molar-refractivity contribution in [2.75, 3.05) is 5.32 Å². The minimum Gasteiger partial charge on any atom is -0.466 e. The smallest absolute Gasteiger partial charge is 0.260 e. The minimum absolute atomic E-state index is 0.201. The molecule has 0 bridgehead atoms. The first-order valence-electron chi connectivity index (χ1n) is 4.96. The molecule has 2 aromatic rings. The maximum atomic E-state index is 11.8. The predicted octanol–water partition coefficient (Wildman–Crippen LogP) is 2.54. The Morgan fingerprint density at radius 2 is 2.19 bits per heavy atom. The molecule has 0 saturated carbocycles. The van der Waals surface area contributed by atoms with Crippen LogP contribution in [0.1, 0.15) is 21.9 Å². The summed E-state index contributed by atoms with van der Waals surface area (Å²) in [7, 11) is 0. The van der Waals surface area contributed by atoms with Crippen molar-refractivity contribution in [1.29, 1.82) is 0 Å². The molecule has 0 atom stereocenters. The van der Waals surface area contributed by atoms with Crippen molar-refractivity contribution >= 4 is 11.7 Å². The maximum Gasteiger partial charge on any atom is 0.260 e. The minimum atomic E-state index is -0.201. The van der Waals surface area contributed by atoms with E-state index < -0.39 is 0 Å². The van der Waals surface area contributed by atoms with Gasteiger partial charge < -0.3 is 9.73 Å². The maximum absolute atomic E-state index is 11.8. The first-order valence-corrected chi connectivity index (χ1v) is 4.96. The molecule has 0 radical (unpaired) electrons. The quantitative estimate of drug-likeness (QED) is 0.839. The summed E-state index contributed by atoms with van der Waals surface area (Å²) < 4.78 is 5.29. The lowest BCUT2D eigenvalue weighted by Gasteiger charge is -2.01. The van der Waals surface area contributed by atoms with Gasteiger partial charge in [-0.2, -0.15) is 0 Å². The van der Waals surface area contributed by atoms with E-state index in [2.05, 4.69) is 10.3 Å². The molecule has 0 unspecified atom stereocenters. The molecule has 0 aromatic carbocycles. The second-order valence-electron chi connectivity index (χ2n) is 3.50. The van der Waals surface area contributed by atoms with E-state index in [0.717, 1.165) is 5.76 Å². The molecule has 16 heavy (non-hydrogen) atoms. The van der Waals surface area contributed by atoms with Gasteiger partial charge in [0.15, 0.2) is 0 Å². The van der Waals surface area contributed by atoms with Crippen LogP contribution in [0, 0.1) is 13.8 Å². The summed E-state index contributed by atoms with van der Waals surface area (Å²) in [6.45, 7) is 3.57. The van der Waals surface area contributed by atoms with Crippen LogP contribution in [0.15, 0.2) is 34.9 Å².